The predicted molar refractivity (Wildman–Crippen MR) is 387 cm³/mol. The third kappa shape index (κ3) is 59.5. The minimum Gasteiger partial charge on any atom is -0.392 e. The number of nitrogens with zero attached hydrogens (tertiary/aromatic N) is 4. The van der Waals surface area contributed by atoms with Crippen LogP contribution in [0.1, 0.15) is 362 Å². The van der Waals surface area contributed by atoms with E-state index in [1.54, 1.807) is 0 Å². The van der Waals surface area contributed by atoms with Crippen LogP contribution in [0.5, 0.6) is 0 Å². The van der Waals surface area contributed by atoms with Gasteiger partial charge in [-0.1, -0.05) is 359 Å². The molecule has 0 bridgehead atoms. The SMILES string of the molecule is CCCCCCCCCCCCCCC(O)CN(CCSC(=O)CN1CCN(CC(=O)SCCN(CC(O)CCCCCCCCCCCCCC)CC(O)CCCCCCCCCCCCCC)CC1)CC(O)CCCCCCCCCCCCCC. The molecule has 0 aliphatic carbocycles. The van der Waals surface area contributed by atoms with Crippen molar-refractivity contribution in [2.45, 2.75) is 386 Å². The number of unbranched alkanes of at least 4 members (excludes halogenated alkanes) is 44. The maximum Gasteiger partial charge on any atom is 0.202 e. The van der Waals surface area contributed by atoms with Crippen LogP contribution in [0, 0.1) is 0 Å². The maximum absolute atomic E-state index is 13.4. The van der Waals surface area contributed by atoms with Crippen LogP contribution in [0.4, 0.5) is 0 Å². The Morgan fingerprint density at radius 2 is 0.466 bits per heavy atom. The highest BCUT2D eigenvalue weighted by molar-refractivity contribution is 8.14. The highest BCUT2D eigenvalue weighted by Gasteiger charge is 2.23. The molecule has 4 atom stereocenters. The number of aliphatic hydroxyl groups excluding tert-OH is 4. The highest BCUT2D eigenvalue weighted by atomic mass is 32.2. The largest absolute Gasteiger partial charge is 0.392 e. The van der Waals surface area contributed by atoms with Gasteiger partial charge in [-0.25, -0.2) is 0 Å². The van der Waals surface area contributed by atoms with E-state index in [1.807, 2.05) is 0 Å². The van der Waals surface area contributed by atoms with Crippen molar-refractivity contribution in [2.75, 3.05) is 90.0 Å². The zero-order valence-electron chi connectivity index (χ0n) is 59.2. The van der Waals surface area contributed by atoms with Crippen molar-refractivity contribution in [3.8, 4) is 0 Å². The summed E-state index contributed by atoms with van der Waals surface area (Å²) in [6, 6.07) is 0. The number of hydrogen-bond acceptors (Lipinski definition) is 12. The standard InChI is InChI=1S/C76H152N4O6S2/c1-5-9-13-17-21-25-29-33-37-41-45-49-53-71(81)65-79(66-72(82)54-50-46-42-38-34-30-26-22-18-14-10-6-2)61-63-87-75(85)69-77-57-59-78(60-58-77)70-76(86)88-64-62-80(67-73(83)55-51-47-43-39-35-31-27-23-19-15-11-7-3)68-74(84)56-52-48-44-40-36-32-28-24-20-16-12-8-4/h71-74,81-84H,5-70H2,1-4H3. The van der Waals surface area contributed by atoms with Crippen LogP contribution >= 0.6 is 23.5 Å². The van der Waals surface area contributed by atoms with Crippen LogP contribution in [-0.2, 0) is 9.59 Å². The molecule has 0 spiro atoms. The zero-order valence-corrected chi connectivity index (χ0v) is 60.8. The Hall–Kier alpha value is -0.280. The van der Waals surface area contributed by atoms with E-state index in [4.69, 9.17) is 0 Å². The second-order valence-electron chi connectivity index (χ2n) is 27.8. The predicted octanol–water partition coefficient (Wildman–Crippen LogP) is 19.5. The van der Waals surface area contributed by atoms with E-state index in [0.717, 1.165) is 77.5 Å². The van der Waals surface area contributed by atoms with Crippen molar-refractivity contribution in [1.82, 2.24) is 19.6 Å². The first-order chi connectivity index (χ1) is 43.1. The molecule has 0 aromatic heterocycles. The molecule has 1 fully saturated rings. The number of hydrogen-bond donors (Lipinski definition) is 4. The van der Waals surface area contributed by atoms with Crippen molar-refractivity contribution in [2.24, 2.45) is 0 Å². The molecular weight excluding hydrogens is 1130 g/mol. The summed E-state index contributed by atoms with van der Waals surface area (Å²) in [6.45, 7) is 16.5. The Labute approximate surface area is 556 Å². The van der Waals surface area contributed by atoms with Crippen molar-refractivity contribution in [3.05, 3.63) is 0 Å². The van der Waals surface area contributed by atoms with E-state index in [-0.39, 0.29) is 10.2 Å². The molecule has 0 aromatic rings. The van der Waals surface area contributed by atoms with E-state index in [1.165, 1.54) is 306 Å². The second-order valence-corrected chi connectivity index (χ2v) is 30.1. The third-order valence-corrected chi connectivity index (χ3v) is 20.6. The van der Waals surface area contributed by atoms with Gasteiger partial charge in [0.15, 0.2) is 0 Å². The molecule has 1 aliphatic heterocycles. The van der Waals surface area contributed by atoms with Gasteiger partial charge in [0.05, 0.1) is 37.5 Å². The monoisotopic (exact) mass is 1280 g/mol. The first kappa shape index (κ1) is 85.7. The average Bonchev–Trinajstić information content (AvgIpc) is 3.63. The zero-order chi connectivity index (χ0) is 63.9. The molecule has 12 heteroatoms. The topological polar surface area (TPSA) is 128 Å². The lowest BCUT2D eigenvalue weighted by Gasteiger charge is -2.33. The van der Waals surface area contributed by atoms with E-state index in [0.29, 0.717) is 63.9 Å². The molecule has 4 unspecified atom stereocenters. The van der Waals surface area contributed by atoms with E-state index < -0.39 is 24.4 Å². The van der Waals surface area contributed by atoms with Gasteiger partial charge in [-0.2, -0.15) is 0 Å². The van der Waals surface area contributed by atoms with Crippen LogP contribution in [-0.4, -0.2) is 165 Å². The number of piperazine rings is 1. The molecule has 1 heterocycles. The van der Waals surface area contributed by atoms with Gasteiger partial charge in [-0.05, 0) is 25.7 Å². The first-order valence-corrected chi connectivity index (χ1v) is 41.0. The number of carbonyl (C=O) groups is 2. The maximum atomic E-state index is 13.4. The van der Waals surface area contributed by atoms with Crippen LogP contribution < -0.4 is 0 Å². The molecule has 88 heavy (non-hydrogen) atoms. The Balaban J connectivity index is 2.56. The quantitative estimate of drug-likeness (QED) is 0.0433. The molecule has 0 aromatic carbocycles. The van der Waals surface area contributed by atoms with E-state index >= 15 is 0 Å². The van der Waals surface area contributed by atoms with Crippen molar-refractivity contribution >= 4 is 33.8 Å². The van der Waals surface area contributed by atoms with Crippen LogP contribution in [0.2, 0.25) is 0 Å². The number of aliphatic hydroxyl groups is 4. The minimum atomic E-state index is -0.422. The first-order valence-electron chi connectivity index (χ1n) is 39.0. The van der Waals surface area contributed by atoms with Gasteiger partial charge in [0, 0.05) is 77.0 Å². The molecule has 10 nitrogen and oxygen atoms in total. The lowest BCUT2D eigenvalue weighted by molar-refractivity contribution is -0.114. The smallest absolute Gasteiger partial charge is 0.202 e. The summed E-state index contributed by atoms with van der Waals surface area (Å²) in [5.74, 6) is 1.30. The van der Waals surface area contributed by atoms with Gasteiger partial charge in [0.1, 0.15) is 0 Å². The number of carbonyl (C=O) groups excluding carboxylic acids is 2. The van der Waals surface area contributed by atoms with E-state index in [2.05, 4.69) is 47.3 Å². The summed E-state index contributed by atoms with van der Waals surface area (Å²) >= 11 is 2.77. The molecule has 524 valence electrons. The van der Waals surface area contributed by atoms with Gasteiger partial charge in [-0.15, -0.1) is 0 Å². The van der Waals surface area contributed by atoms with E-state index in [9.17, 15) is 30.0 Å². The van der Waals surface area contributed by atoms with Crippen LogP contribution in [0.25, 0.3) is 0 Å². The van der Waals surface area contributed by atoms with Crippen molar-refractivity contribution in [1.29, 1.82) is 0 Å². The molecule has 1 saturated heterocycles. The molecule has 4 N–H and O–H groups in total. The second kappa shape index (κ2) is 66.7. The summed E-state index contributed by atoms with van der Waals surface area (Å²) in [7, 11) is 0. The fraction of sp³-hybridized carbons (Fsp3) is 0.974. The van der Waals surface area contributed by atoms with Gasteiger partial charge in [0.2, 0.25) is 10.2 Å². The number of rotatable bonds is 70. The van der Waals surface area contributed by atoms with Gasteiger partial charge in [0.25, 0.3) is 0 Å². The summed E-state index contributed by atoms with van der Waals surface area (Å²) in [5, 5.41) is 45.1. The lowest BCUT2D eigenvalue weighted by Crippen LogP contribution is -2.48. The lowest BCUT2D eigenvalue weighted by atomic mass is 10.0. The summed E-state index contributed by atoms with van der Waals surface area (Å²) < 4.78 is 0. The molecular formula is C76H152N4O6S2. The van der Waals surface area contributed by atoms with Crippen LogP contribution in [0.3, 0.4) is 0 Å². The van der Waals surface area contributed by atoms with Gasteiger partial charge >= 0.3 is 0 Å². The molecule has 0 amide bonds. The Kier molecular flexibility index (Phi) is 65.0. The van der Waals surface area contributed by atoms with Crippen molar-refractivity contribution < 1.29 is 30.0 Å². The minimum absolute atomic E-state index is 0.164. The van der Waals surface area contributed by atoms with Crippen molar-refractivity contribution in [3.63, 3.8) is 0 Å². The molecule has 0 saturated carbocycles. The summed E-state index contributed by atoms with van der Waals surface area (Å²) in [5.41, 5.74) is 0. The Bertz CT molecular complexity index is 1270. The average molecular weight is 1280 g/mol. The molecule has 1 aliphatic rings. The van der Waals surface area contributed by atoms with Crippen LogP contribution in [0.15, 0.2) is 0 Å². The number of thioether (sulfide) groups is 2. The molecule has 1 rings (SSSR count). The Morgan fingerprint density at radius 3 is 0.648 bits per heavy atom. The Morgan fingerprint density at radius 1 is 0.295 bits per heavy atom. The fourth-order valence-corrected chi connectivity index (χ4v) is 14.8. The molecule has 0 radical (unpaired) electrons. The van der Waals surface area contributed by atoms with Gasteiger partial charge < -0.3 is 20.4 Å². The highest BCUT2D eigenvalue weighted by Crippen LogP contribution is 2.20. The fourth-order valence-electron chi connectivity index (χ4n) is 13.1. The summed E-state index contributed by atoms with van der Waals surface area (Å²) in [6.07, 6.45) is 64.0. The normalized spacial score (nSPS) is 14.8. The van der Waals surface area contributed by atoms with Gasteiger partial charge in [-0.3, -0.25) is 29.2 Å². The summed E-state index contributed by atoms with van der Waals surface area (Å²) in [4.78, 5) is 35.6. The third-order valence-electron chi connectivity index (χ3n) is 19.0.